The SMILES string of the molecule is Cc1ccc(CN2CCN(c3ccc(NC(=O)c4ccc(C)cc4)cn3)CC2)cc1. The average molecular weight is 401 g/mol. The third-order valence-corrected chi connectivity index (χ3v) is 5.54. The van der Waals surface area contributed by atoms with Gasteiger partial charge in [0.2, 0.25) is 0 Å². The van der Waals surface area contributed by atoms with E-state index in [9.17, 15) is 4.79 Å². The summed E-state index contributed by atoms with van der Waals surface area (Å²) >= 11 is 0. The van der Waals surface area contributed by atoms with Crippen LogP contribution in [-0.4, -0.2) is 42.0 Å². The largest absolute Gasteiger partial charge is 0.354 e. The van der Waals surface area contributed by atoms with Gasteiger partial charge in [-0.15, -0.1) is 0 Å². The van der Waals surface area contributed by atoms with E-state index in [2.05, 4.69) is 51.3 Å². The Morgan fingerprint density at radius 1 is 0.867 bits per heavy atom. The number of nitrogens with zero attached hydrogens (tertiary/aromatic N) is 3. The zero-order valence-electron chi connectivity index (χ0n) is 17.6. The van der Waals surface area contributed by atoms with Crippen LogP contribution in [0.5, 0.6) is 0 Å². The number of pyridine rings is 1. The fourth-order valence-corrected chi connectivity index (χ4v) is 3.64. The number of aryl methyl sites for hydroxylation is 2. The number of hydrogen-bond donors (Lipinski definition) is 1. The molecule has 1 aliphatic heterocycles. The van der Waals surface area contributed by atoms with Crippen LogP contribution in [0.25, 0.3) is 0 Å². The quantitative estimate of drug-likeness (QED) is 0.695. The Morgan fingerprint density at radius 2 is 1.50 bits per heavy atom. The number of nitrogens with one attached hydrogen (secondary N) is 1. The molecule has 0 spiro atoms. The summed E-state index contributed by atoms with van der Waals surface area (Å²) in [6.45, 7) is 9.05. The van der Waals surface area contributed by atoms with Crippen LogP contribution in [0.1, 0.15) is 27.0 Å². The summed E-state index contributed by atoms with van der Waals surface area (Å²) in [6, 6.07) is 20.2. The van der Waals surface area contributed by atoms with Crippen LogP contribution in [0.4, 0.5) is 11.5 Å². The lowest BCUT2D eigenvalue weighted by atomic mass is 10.1. The highest BCUT2D eigenvalue weighted by atomic mass is 16.1. The van der Waals surface area contributed by atoms with Crippen LogP contribution in [0.3, 0.4) is 0 Å². The molecule has 1 aromatic heterocycles. The van der Waals surface area contributed by atoms with E-state index in [-0.39, 0.29) is 5.91 Å². The van der Waals surface area contributed by atoms with Gasteiger partial charge in [0.05, 0.1) is 11.9 Å². The fourth-order valence-electron chi connectivity index (χ4n) is 3.64. The lowest BCUT2D eigenvalue weighted by Crippen LogP contribution is -2.46. The van der Waals surface area contributed by atoms with Crippen molar-refractivity contribution >= 4 is 17.4 Å². The summed E-state index contributed by atoms with van der Waals surface area (Å²) in [7, 11) is 0. The van der Waals surface area contributed by atoms with E-state index in [0.29, 0.717) is 11.3 Å². The first-order chi connectivity index (χ1) is 14.6. The van der Waals surface area contributed by atoms with Crippen molar-refractivity contribution in [3.05, 3.63) is 89.1 Å². The number of rotatable bonds is 5. The highest BCUT2D eigenvalue weighted by Crippen LogP contribution is 2.18. The van der Waals surface area contributed by atoms with Gasteiger partial charge in [-0.3, -0.25) is 9.69 Å². The van der Waals surface area contributed by atoms with Crippen molar-refractivity contribution in [2.45, 2.75) is 20.4 Å². The molecule has 4 rings (SSSR count). The Bertz CT molecular complexity index is 973. The van der Waals surface area contributed by atoms with Crippen LogP contribution >= 0.6 is 0 Å². The van der Waals surface area contributed by atoms with Crippen molar-refractivity contribution in [3.63, 3.8) is 0 Å². The van der Waals surface area contributed by atoms with Crippen molar-refractivity contribution in [3.8, 4) is 0 Å². The highest BCUT2D eigenvalue weighted by molar-refractivity contribution is 6.04. The van der Waals surface area contributed by atoms with E-state index in [1.807, 2.05) is 43.3 Å². The summed E-state index contributed by atoms with van der Waals surface area (Å²) in [4.78, 5) is 21.7. The van der Waals surface area contributed by atoms with E-state index in [1.54, 1.807) is 6.20 Å². The maximum atomic E-state index is 12.4. The van der Waals surface area contributed by atoms with Crippen molar-refractivity contribution in [2.24, 2.45) is 0 Å². The number of aromatic nitrogens is 1. The third kappa shape index (κ3) is 5.05. The molecule has 0 atom stereocenters. The Hall–Kier alpha value is -3.18. The van der Waals surface area contributed by atoms with Gasteiger partial charge in [0.1, 0.15) is 5.82 Å². The number of carbonyl (C=O) groups is 1. The molecule has 2 heterocycles. The smallest absolute Gasteiger partial charge is 0.255 e. The van der Waals surface area contributed by atoms with Gasteiger partial charge in [0, 0.05) is 38.3 Å². The predicted molar refractivity (Wildman–Crippen MR) is 122 cm³/mol. The van der Waals surface area contributed by atoms with E-state index >= 15 is 0 Å². The second-order valence-electron chi connectivity index (χ2n) is 7.97. The monoisotopic (exact) mass is 400 g/mol. The average Bonchev–Trinajstić information content (AvgIpc) is 2.77. The topological polar surface area (TPSA) is 48.5 Å². The molecule has 30 heavy (non-hydrogen) atoms. The predicted octanol–water partition coefficient (Wildman–Crippen LogP) is 4.27. The number of anilines is 2. The summed E-state index contributed by atoms with van der Waals surface area (Å²) < 4.78 is 0. The normalized spacial score (nSPS) is 14.5. The van der Waals surface area contributed by atoms with Crippen LogP contribution in [0.2, 0.25) is 0 Å². The molecule has 5 heteroatoms. The number of benzene rings is 2. The van der Waals surface area contributed by atoms with Crippen LogP contribution in [0.15, 0.2) is 66.9 Å². The summed E-state index contributed by atoms with van der Waals surface area (Å²) in [6.07, 6.45) is 1.74. The second-order valence-corrected chi connectivity index (χ2v) is 7.97. The van der Waals surface area contributed by atoms with Crippen LogP contribution in [0, 0.1) is 13.8 Å². The third-order valence-electron chi connectivity index (χ3n) is 5.54. The molecular weight excluding hydrogens is 372 g/mol. The maximum Gasteiger partial charge on any atom is 0.255 e. The molecule has 0 saturated carbocycles. The molecule has 154 valence electrons. The van der Waals surface area contributed by atoms with Crippen molar-refractivity contribution in [2.75, 3.05) is 36.4 Å². The van der Waals surface area contributed by atoms with Crippen molar-refractivity contribution in [1.29, 1.82) is 0 Å². The van der Waals surface area contributed by atoms with Crippen LogP contribution in [-0.2, 0) is 6.54 Å². The standard InChI is InChI=1S/C25H28N4O/c1-19-3-7-21(8-4-19)18-28-13-15-29(16-14-28)24-12-11-23(17-26-24)27-25(30)22-9-5-20(2)6-10-22/h3-12,17H,13-16,18H2,1-2H3,(H,27,30). The number of piperazine rings is 1. The molecule has 1 fully saturated rings. The minimum Gasteiger partial charge on any atom is -0.354 e. The Kier molecular flexibility index (Phi) is 6.10. The van der Waals surface area contributed by atoms with Gasteiger partial charge in [-0.25, -0.2) is 4.98 Å². The number of hydrogen-bond acceptors (Lipinski definition) is 4. The maximum absolute atomic E-state index is 12.4. The van der Waals surface area contributed by atoms with Gasteiger partial charge in [-0.05, 0) is 43.7 Å². The van der Waals surface area contributed by atoms with E-state index < -0.39 is 0 Å². The molecule has 0 aliphatic carbocycles. The van der Waals surface area contributed by atoms with Crippen molar-refractivity contribution in [1.82, 2.24) is 9.88 Å². The Balaban J connectivity index is 1.29. The van der Waals surface area contributed by atoms with E-state index in [0.717, 1.165) is 44.1 Å². The molecule has 0 radical (unpaired) electrons. The van der Waals surface area contributed by atoms with Crippen molar-refractivity contribution < 1.29 is 4.79 Å². The highest BCUT2D eigenvalue weighted by Gasteiger charge is 2.18. The van der Waals surface area contributed by atoms with Gasteiger partial charge in [0.25, 0.3) is 5.91 Å². The minimum absolute atomic E-state index is 0.116. The van der Waals surface area contributed by atoms with Gasteiger partial charge < -0.3 is 10.2 Å². The lowest BCUT2D eigenvalue weighted by Gasteiger charge is -2.35. The molecule has 0 unspecified atom stereocenters. The molecular formula is C25H28N4O. The Labute approximate surface area is 178 Å². The number of amides is 1. The van der Waals surface area contributed by atoms with Crippen LogP contribution < -0.4 is 10.2 Å². The molecule has 1 saturated heterocycles. The Morgan fingerprint density at radius 3 is 2.10 bits per heavy atom. The fraction of sp³-hybridized carbons (Fsp3) is 0.280. The van der Waals surface area contributed by atoms with Gasteiger partial charge in [-0.2, -0.15) is 0 Å². The number of carbonyl (C=O) groups excluding carboxylic acids is 1. The van der Waals surface area contributed by atoms with Gasteiger partial charge >= 0.3 is 0 Å². The summed E-state index contributed by atoms with van der Waals surface area (Å²) in [5, 5.41) is 2.92. The molecule has 1 aliphatic rings. The first kappa shape index (κ1) is 20.1. The first-order valence-corrected chi connectivity index (χ1v) is 10.4. The molecule has 1 amide bonds. The zero-order valence-corrected chi connectivity index (χ0v) is 17.6. The molecule has 5 nitrogen and oxygen atoms in total. The molecule has 1 N–H and O–H groups in total. The molecule has 0 bridgehead atoms. The van der Waals surface area contributed by atoms with Gasteiger partial charge in [-0.1, -0.05) is 47.5 Å². The van der Waals surface area contributed by atoms with E-state index in [4.69, 9.17) is 0 Å². The zero-order chi connectivity index (χ0) is 20.9. The molecule has 3 aromatic rings. The first-order valence-electron chi connectivity index (χ1n) is 10.4. The second kappa shape index (κ2) is 9.09. The van der Waals surface area contributed by atoms with E-state index in [1.165, 1.54) is 11.1 Å². The minimum atomic E-state index is -0.116. The molecule has 2 aromatic carbocycles. The summed E-state index contributed by atoms with van der Waals surface area (Å²) in [5.41, 5.74) is 5.15. The van der Waals surface area contributed by atoms with Gasteiger partial charge in [0.15, 0.2) is 0 Å². The lowest BCUT2D eigenvalue weighted by molar-refractivity contribution is 0.102. The summed E-state index contributed by atoms with van der Waals surface area (Å²) in [5.74, 6) is 0.840.